The number of carboxylic acids is 1. The zero-order valence-electron chi connectivity index (χ0n) is 12.2. The molecule has 0 aliphatic heterocycles. The number of hydrogen-bond donors (Lipinski definition) is 1. The Labute approximate surface area is 118 Å². The molecule has 0 saturated heterocycles. The molecule has 1 aliphatic carbocycles. The van der Waals surface area contributed by atoms with Crippen molar-refractivity contribution in [3.8, 4) is 0 Å². The minimum Gasteiger partial charge on any atom is -0.480 e. The number of carbonyl (C=O) groups is 2. The van der Waals surface area contributed by atoms with Crippen LogP contribution in [0.5, 0.6) is 0 Å². The molecule has 0 bridgehead atoms. The smallest absolute Gasteiger partial charge is 0.323 e. The van der Waals surface area contributed by atoms with Crippen LogP contribution in [0.2, 0.25) is 0 Å². The molecule has 1 heterocycles. The molecule has 1 aromatic heterocycles. The first-order valence-corrected chi connectivity index (χ1v) is 6.98. The Balaban J connectivity index is 2.24. The summed E-state index contributed by atoms with van der Waals surface area (Å²) < 4.78 is 1.74. The van der Waals surface area contributed by atoms with Crippen LogP contribution in [0.4, 0.5) is 0 Å². The maximum atomic E-state index is 12.6. The molecule has 1 aromatic rings. The van der Waals surface area contributed by atoms with E-state index in [1.165, 1.54) is 4.90 Å². The molecule has 0 spiro atoms. The van der Waals surface area contributed by atoms with Crippen LogP contribution < -0.4 is 0 Å². The second-order valence-corrected chi connectivity index (χ2v) is 5.61. The Kier molecular flexibility index (Phi) is 4.11. The quantitative estimate of drug-likeness (QED) is 0.892. The van der Waals surface area contributed by atoms with Gasteiger partial charge >= 0.3 is 5.97 Å². The minimum absolute atomic E-state index is 0.0559. The van der Waals surface area contributed by atoms with E-state index in [0.29, 0.717) is 11.3 Å². The Morgan fingerprint density at radius 2 is 2.15 bits per heavy atom. The van der Waals surface area contributed by atoms with E-state index in [-0.39, 0.29) is 24.5 Å². The number of carboxylic acid groups (broad SMARTS) is 1. The summed E-state index contributed by atoms with van der Waals surface area (Å²) in [4.78, 5) is 25.0. The summed E-state index contributed by atoms with van der Waals surface area (Å²) in [5.74, 6) is -1.19. The minimum atomic E-state index is -0.973. The van der Waals surface area contributed by atoms with Gasteiger partial charge in [-0.05, 0) is 40.0 Å². The van der Waals surface area contributed by atoms with Gasteiger partial charge in [0, 0.05) is 18.3 Å². The summed E-state index contributed by atoms with van der Waals surface area (Å²) in [6.45, 7) is 5.52. The van der Waals surface area contributed by atoms with Crippen LogP contribution in [0.1, 0.15) is 55.2 Å². The maximum absolute atomic E-state index is 12.6. The number of amides is 1. The van der Waals surface area contributed by atoms with E-state index in [2.05, 4.69) is 5.10 Å². The maximum Gasteiger partial charge on any atom is 0.323 e. The molecule has 20 heavy (non-hydrogen) atoms. The molecule has 2 rings (SSSR count). The van der Waals surface area contributed by atoms with E-state index >= 15 is 0 Å². The molecule has 6 nitrogen and oxygen atoms in total. The van der Waals surface area contributed by atoms with Crippen molar-refractivity contribution in [3.63, 3.8) is 0 Å². The summed E-state index contributed by atoms with van der Waals surface area (Å²) >= 11 is 0. The number of carbonyl (C=O) groups excluding carboxylic acids is 1. The lowest BCUT2D eigenvalue weighted by molar-refractivity contribution is -0.138. The van der Waals surface area contributed by atoms with Gasteiger partial charge in [-0.25, -0.2) is 0 Å². The van der Waals surface area contributed by atoms with Crippen molar-refractivity contribution in [1.29, 1.82) is 0 Å². The van der Waals surface area contributed by atoms with Gasteiger partial charge in [0.2, 0.25) is 0 Å². The Morgan fingerprint density at radius 1 is 1.50 bits per heavy atom. The van der Waals surface area contributed by atoms with E-state index in [9.17, 15) is 9.59 Å². The lowest BCUT2D eigenvalue weighted by Crippen LogP contribution is -2.46. The largest absolute Gasteiger partial charge is 0.480 e. The zero-order chi connectivity index (χ0) is 14.9. The van der Waals surface area contributed by atoms with Crippen LogP contribution in [0, 0.1) is 6.92 Å². The van der Waals surface area contributed by atoms with Gasteiger partial charge in [-0.3, -0.25) is 14.3 Å². The van der Waals surface area contributed by atoms with Crippen LogP contribution in [0.3, 0.4) is 0 Å². The Morgan fingerprint density at radius 3 is 2.55 bits per heavy atom. The van der Waals surface area contributed by atoms with Crippen molar-refractivity contribution < 1.29 is 14.7 Å². The molecule has 0 radical (unpaired) electrons. The number of aryl methyl sites for hydroxylation is 1. The highest BCUT2D eigenvalue weighted by Crippen LogP contribution is 2.26. The standard InChI is InChI=1S/C14H21N3O3/c1-9(2)17-7-12(10(3)15-17)14(20)16(8-13(18)19)11-5-4-6-11/h7,9,11H,4-6,8H2,1-3H3,(H,18,19). The fraction of sp³-hybridized carbons (Fsp3) is 0.643. The molecular formula is C14H21N3O3. The highest BCUT2D eigenvalue weighted by atomic mass is 16.4. The van der Waals surface area contributed by atoms with Crippen molar-refractivity contribution in [3.05, 3.63) is 17.5 Å². The molecule has 0 aromatic carbocycles. The van der Waals surface area contributed by atoms with Crippen LogP contribution in [-0.4, -0.2) is 44.3 Å². The summed E-state index contributed by atoms with van der Waals surface area (Å²) in [6.07, 6.45) is 4.54. The van der Waals surface area contributed by atoms with Gasteiger partial charge in [0.1, 0.15) is 6.54 Å². The molecule has 1 N–H and O–H groups in total. The first kappa shape index (κ1) is 14.6. The average Bonchev–Trinajstić information content (AvgIpc) is 2.67. The SMILES string of the molecule is Cc1nn(C(C)C)cc1C(=O)N(CC(=O)O)C1CCC1. The number of aromatic nitrogens is 2. The molecular weight excluding hydrogens is 258 g/mol. The topological polar surface area (TPSA) is 75.4 Å². The summed E-state index contributed by atoms with van der Waals surface area (Å²) in [5, 5.41) is 13.3. The molecule has 1 aliphatic rings. The summed E-state index contributed by atoms with van der Waals surface area (Å²) in [6, 6.07) is 0.229. The summed E-state index contributed by atoms with van der Waals surface area (Å²) in [5.41, 5.74) is 1.16. The van der Waals surface area contributed by atoms with Gasteiger partial charge in [-0.2, -0.15) is 5.10 Å². The number of aliphatic carboxylic acids is 1. The van der Waals surface area contributed by atoms with Gasteiger partial charge in [0.05, 0.1) is 11.3 Å². The van der Waals surface area contributed by atoms with Crippen LogP contribution in [0.25, 0.3) is 0 Å². The van der Waals surface area contributed by atoms with Crippen molar-refractivity contribution in [2.45, 2.75) is 52.1 Å². The van der Waals surface area contributed by atoms with Crippen LogP contribution in [0.15, 0.2) is 6.20 Å². The number of hydrogen-bond acceptors (Lipinski definition) is 3. The lowest BCUT2D eigenvalue weighted by atomic mass is 9.91. The molecule has 0 atom stereocenters. The van der Waals surface area contributed by atoms with Crippen molar-refractivity contribution >= 4 is 11.9 Å². The van der Waals surface area contributed by atoms with Gasteiger partial charge in [-0.1, -0.05) is 0 Å². The average molecular weight is 279 g/mol. The third kappa shape index (κ3) is 2.84. The molecule has 110 valence electrons. The van der Waals surface area contributed by atoms with Gasteiger partial charge in [0.25, 0.3) is 5.91 Å². The van der Waals surface area contributed by atoms with Gasteiger partial charge in [-0.15, -0.1) is 0 Å². The van der Waals surface area contributed by atoms with Gasteiger partial charge < -0.3 is 10.0 Å². The highest BCUT2D eigenvalue weighted by Gasteiger charge is 2.32. The molecule has 6 heteroatoms. The molecule has 0 unspecified atom stereocenters. The van der Waals surface area contributed by atoms with E-state index in [1.54, 1.807) is 17.8 Å². The predicted molar refractivity (Wildman–Crippen MR) is 73.7 cm³/mol. The van der Waals surface area contributed by atoms with E-state index in [1.807, 2.05) is 13.8 Å². The third-order valence-electron chi connectivity index (χ3n) is 3.76. The lowest BCUT2D eigenvalue weighted by Gasteiger charge is -2.36. The second kappa shape index (κ2) is 5.64. The molecule has 1 amide bonds. The second-order valence-electron chi connectivity index (χ2n) is 5.61. The van der Waals surface area contributed by atoms with Gasteiger partial charge in [0.15, 0.2) is 0 Å². The van der Waals surface area contributed by atoms with E-state index in [0.717, 1.165) is 19.3 Å². The fourth-order valence-electron chi connectivity index (χ4n) is 2.32. The predicted octanol–water partition coefficient (Wildman–Crippen LogP) is 1.85. The van der Waals surface area contributed by atoms with Crippen LogP contribution >= 0.6 is 0 Å². The number of nitrogens with zero attached hydrogens (tertiary/aromatic N) is 3. The molecule has 1 fully saturated rings. The van der Waals surface area contributed by atoms with E-state index < -0.39 is 5.97 Å². The number of rotatable bonds is 5. The first-order chi connectivity index (χ1) is 9.40. The fourth-order valence-corrected chi connectivity index (χ4v) is 2.32. The normalized spacial score (nSPS) is 15.2. The Bertz CT molecular complexity index is 518. The van der Waals surface area contributed by atoms with Crippen molar-refractivity contribution in [2.24, 2.45) is 0 Å². The monoisotopic (exact) mass is 279 g/mol. The van der Waals surface area contributed by atoms with Crippen molar-refractivity contribution in [2.75, 3.05) is 6.54 Å². The van der Waals surface area contributed by atoms with Crippen LogP contribution in [-0.2, 0) is 4.79 Å². The van der Waals surface area contributed by atoms with Crippen molar-refractivity contribution in [1.82, 2.24) is 14.7 Å². The molecule has 1 saturated carbocycles. The third-order valence-corrected chi connectivity index (χ3v) is 3.76. The first-order valence-electron chi connectivity index (χ1n) is 6.98. The zero-order valence-corrected chi connectivity index (χ0v) is 12.2. The summed E-state index contributed by atoms with van der Waals surface area (Å²) in [7, 11) is 0. The highest BCUT2D eigenvalue weighted by molar-refractivity contribution is 5.96. The Hall–Kier alpha value is -1.85. The van der Waals surface area contributed by atoms with E-state index in [4.69, 9.17) is 5.11 Å².